The molecule has 0 aromatic carbocycles. The van der Waals surface area contributed by atoms with Gasteiger partial charge in [0.25, 0.3) is 0 Å². The minimum Gasteiger partial charge on any atom is -0.481 e. The fourth-order valence-electron chi connectivity index (χ4n) is 1.70. The second-order valence-corrected chi connectivity index (χ2v) is 4.17. The van der Waals surface area contributed by atoms with Gasteiger partial charge in [-0.25, -0.2) is 4.68 Å². The number of hydrogen-bond donors (Lipinski definition) is 1. The lowest BCUT2D eigenvalue weighted by molar-refractivity contribution is 0.368. The number of aryl methyl sites for hydroxylation is 2. The van der Waals surface area contributed by atoms with Crippen LogP contribution >= 0.6 is 0 Å². The average Bonchev–Trinajstić information content (AvgIpc) is 2.78. The summed E-state index contributed by atoms with van der Waals surface area (Å²) in [7, 11) is 3.56. The highest BCUT2D eigenvalue weighted by Crippen LogP contribution is 2.37. The van der Waals surface area contributed by atoms with Gasteiger partial charge < -0.3 is 10.5 Å². The number of hydrogen-bond acceptors (Lipinski definition) is 3. The van der Waals surface area contributed by atoms with Crippen LogP contribution in [0.4, 0.5) is 0 Å². The first-order chi connectivity index (χ1) is 6.64. The highest BCUT2D eigenvalue weighted by molar-refractivity contribution is 5.24. The van der Waals surface area contributed by atoms with Crippen LogP contribution in [0, 0.1) is 0 Å². The molecule has 1 aromatic heterocycles. The van der Waals surface area contributed by atoms with Crippen LogP contribution in [0.25, 0.3) is 0 Å². The van der Waals surface area contributed by atoms with Crippen molar-refractivity contribution in [2.45, 2.75) is 31.2 Å². The average molecular weight is 195 g/mol. The van der Waals surface area contributed by atoms with E-state index >= 15 is 0 Å². The normalized spacial score (nSPS) is 18.2. The van der Waals surface area contributed by atoms with Crippen molar-refractivity contribution in [1.29, 1.82) is 0 Å². The molecule has 14 heavy (non-hydrogen) atoms. The van der Waals surface area contributed by atoms with Crippen LogP contribution in [-0.2, 0) is 13.5 Å². The third-order valence-electron chi connectivity index (χ3n) is 2.93. The van der Waals surface area contributed by atoms with Crippen LogP contribution < -0.4 is 10.5 Å². The van der Waals surface area contributed by atoms with Crippen molar-refractivity contribution in [2.24, 2.45) is 12.8 Å². The van der Waals surface area contributed by atoms with Gasteiger partial charge in [-0.15, -0.1) is 0 Å². The quantitative estimate of drug-likeness (QED) is 0.775. The standard InChI is InChI=1S/C10H17N3O/c1-13-9(14-2)8(7-12-13)3-4-10(11)5-6-10/h7H,3-6,11H2,1-2H3. The van der Waals surface area contributed by atoms with E-state index in [4.69, 9.17) is 10.5 Å². The Morgan fingerprint density at radius 1 is 1.64 bits per heavy atom. The third kappa shape index (κ3) is 1.75. The first-order valence-corrected chi connectivity index (χ1v) is 4.98. The Balaban J connectivity index is 2.01. The predicted molar refractivity (Wildman–Crippen MR) is 54.2 cm³/mol. The van der Waals surface area contributed by atoms with E-state index in [0.29, 0.717) is 0 Å². The molecule has 0 radical (unpaired) electrons. The molecule has 1 aliphatic rings. The molecule has 0 spiro atoms. The van der Waals surface area contributed by atoms with Crippen molar-refractivity contribution >= 4 is 0 Å². The number of nitrogens with two attached hydrogens (primary N) is 1. The molecular formula is C10H17N3O. The van der Waals surface area contributed by atoms with Gasteiger partial charge in [-0.3, -0.25) is 0 Å². The van der Waals surface area contributed by atoms with E-state index < -0.39 is 0 Å². The summed E-state index contributed by atoms with van der Waals surface area (Å²) < 4.78 is 7.02. The highest BCUT2D eigenvalue weighted by atomic mass is 16.5. The molecule has 0 amide bonds. The maximum absolute atomic E-state index is 6.02. The van der Waals surface area contributed by atoms with Crippen LogP contribution in [0.2, 0.25) is 0 Å². The van der Waals surface area contributed by atoms with Crippen LogP contribution in [-0.4, -0.2) is 22.4 Å². The summed E-state index contributed by atoms with van der Waals surface area (Å²) in [5, 5.41) is 4.16. The SMILES string of the molecule is COc1c(CCC2(N)CC2)cnn1C. The van der Waals surface area contributed by atoms with Crippen molar-refractivity contribution in [1.82, 2.24) is 9.78 Å². The molecule has 4 nitrogen and oxygen atoms in total. The van der Waals surface area contributed by atoms with Crippen molar-refractivity contribution in [3.05, 3.63) is 11.8 Å². The van der Waals surface area contributed by atoms with Gasteiger partial charge in [0.05, 0.1) is 13.3 Å². The molecule has 1 saturated carbocycles. The fourth-order valence-corrected chi connectivity index (χ4v) is 1.70. The molecule has 1 aromatic rings. The zero-order valence-corrected chi connectivity index (χ0v) is 8.79. The monoisotopic (exact) mass is 195 g/mol. The molecule has 2 N–H and O–H groups in total. The smallest absolute Gasteiger partial charge is 0.214 e. The molecule has 0 bridgehead atoms. The van der Waals surface area contributed by atoms with Crippen LogP contribution in [0.5, 0.6) is 5.88 Å². The van der Waals surface area contributed by atoms with Gasteiger partial charge in [-0.2, -0.15) is 5.10 Å². The Morgan fingerprint density at radius 2 is 2.36 bits per heavy atom. The van der Waals surface area contributed by atoms with Crippen LogP contribution in [0.15, 0.2) is 6.20 Å². The minimum atomic E-state index is 0.112. The van der Waals surface area contributed by atoms with Crippen LogP contribution in [0.1, 0.15) is 24.8 Å². The zero-order chi connectivity index (χ0) is 10.2. The van der Waals surface area contributed by atoms with Gasteiger partial charge in [0.15, 0.2) is 0 Å². The van der Waals surface area contributed by atoms with Crippen molar-refractivity contribution in [2.75, 3.05) is 7.11 Å². The van der Waals surface area contributed by atoms with Gasteiger partial charge in [0.2, 0.25) is 5.88 Å². The molecule has 0 unspecified atom stereocenters. The Labute approximate surface area is 84.0 Å². The molecule has 2 rings (SSSR count). The Kier molecular flexibility index (Phi) is 2.23. The van der Waals surface area contributed by atoms with E-state index in [1.807, 2.05) is 13.2 Å². The first kappa shape index (κ1) is 9.52. The molecule has 78 valence electrons. The predicted octanol–water partition coefficient (Wildman–Crippen LogP) is 0.853. The highest BCUT2D eigenvalue weighted by Gasteiger charge is 2.37. The van der Waals surface area contributed by atoms with E-state index in [0.717, 1.165) is 37.1 Å². The van der Waals surface area contributed by atoms with Crippen LogP contribution in [0.3, 0.4) is 0 Å². The summed E-state index contributed by atoms with van der Waals surface area (Å²) in [5.74, 6) is 0.856. The fraction of sp³-hybridized carbons (Fsp3) is 0.700. The number of ether oxygens (including phenoxy) is 1. The summed E-state index contributed by atoms with van der Waals surface area (Å²) >= 11 is 0. The molecular weight excluding hydrogens is 178 g/mol. The summed E-state index contributed by atoms with van der Waals surface area (Å²) in [5.41, 5.74) is 7.30. The lowest BCUT2D eigenvalue weighted by atomic mass is 10.1. The van der Waals surface area contributed by atoms with Gasteiger partial charge in [-0.1, -0.05) is 0 Å². The molecule has 1 heterocycles. The van der Waals surface area contributed by atoms with Crippen molar-refractivity contribution in [3.63, 3.8) is 0 Å². The molecule has 1 fully saturated rings. The summed E-state index contributed by atoms with van der Waals surface area (Å²) in [4.78, 5) is 0. The topological polar surface area (TPSA) is 53.1 Å². The number of nitrogens with zero attached hydrogens (tertiary/aromatic N) is 2. The molecule has 1 aliphatic carbocycles. The minimum absolute atomic E-state index is 0.112. The van der Waals surface area contributed by atoms with Crippen molar-refractivity contribution < 1.29 is 4.74 Å². The summed E-state index contributed by atoms with van der Waals surface area (Å²) in [6, 6.07) is 0. The largest absolute Gasteiger partial charge is 0.481 e. The van der Waals surface area contributed by atoms with E-state index in [2.05, 4.69) is 5.10 Å². The zero-order valence-electron chi connectivity index (χ0n) is 8.79. The number of rotatable bonds is 4. The second-order valence-electron chi connectivity index (χ2n) is 4.17. The van der Waals surface area contributed by atoms with E-state index in [-0.39, 0.29) is 5.54 Å². The lowest BCUT2D eigenvalue weighted by Crippen LogP contribution is -2.22. The number of methoxy groups -OCH3 is 1. The van der Waals surface area contributed by atoms with Gasteiger partial charge >= 0.3 is 0 Å². The van der Waals surface area contributed by atoms with E-state index in [1.54, 1.807) is 11.8 Å². The summed E-state index contributed by atoms with van der Waals surface area (Å²) in [6.45, 7) is 0. The molecule has 0 atom stereocenters. The maximum Gasteiger partial charge on any atom is 0.214 e. The lowest BCUT2D eigenvalue weighted by Gasteiger charge is -2.08. The van der Waals surface area contributed by atoms with Gasteiger partial charge in [-0.05, 0) is 25.7 Å². The molecule has 4 heteroatoms. The van der Waals surface area contributed by atoms with E-state index in [9.17, 15) is 0 Å². The second kappa shape index (κ2) is 3.28. The summed E-state index contributed by atoms with van der Waals surface area (Å²) in [6.07, 6.45) is 6.19. The Hall–Kier alpha value is -1.03. The van der Waals surface area contributed by atoms with Crippen molar-refractivity contribution in [3.8, 4) is 5.88 Å². The Morgan fingerprint density at radius 3 is 2.93 bits per heavy atom. The molecule has 0 saturated heterocycles. The van der Waals surface area contributed by atoms with Gasteiger partial charge in [0.1, 0.15) is 0 Å². The van der Waals surface area contributed by atoms with E-state index in [1.165, 1.54) is 0 Å². The van der Waals surface area contributed by atoms with Gasteiger partial charge in [0, 0.05) is 18.2 Å². The Bertz CT molecular complexity index is 328. The third-order valence-corrected chi connectivity index (χ3v) is 2.93. The molecule has 0 aliphatic heterocycles. The first-order valence-electron chi connectivity index (χ1n) is 4.98. The maximum atomic E-state index is 6.02. The number of aromatic nitrogens is 2.